The quantitative estimate of drug-likeness (QED) is 0.305. The van der Waals surface area contributed by atoms with Crippen molar-refractivity contribution in [1.82, 2.24) is 0 Å². The van der Waals surface area contributed by atoms with Gasteiger partial charge in [-0.3, -0.25) is 9.98 Å². The highest BCUT2D eigenvalue weighted by Gasteiger charge is 2.05. The van der Waals surface area contributed by atoms with Gasteiger partial charge >= 0.3 is 0 Å². The third-order valence-electron chi connectivity index (χ3n) is 5.13. The average molecular weight is 453 g/mol. The smallest absolute Gasteiger partial charge is 0.166 e. The van der Waals surface area contributed by atoms with E-state index in [4.69, 9.17) is 9.47 Å². The fraction of sp³-hybridized carbons (Fsp3) is 0.0714. The third kappa shape index (κ3) is 5.42. The Hall–Kier alpha value is -4.58. The number of rotatable bonds is 7. The van der Waals surface area contributed by atoms with Gasteiger partial charge in [-0.15, -0.1) is 0 Å². The number of aryl methyl sites for hydroxylation is 1. The van der Waals surface area contributed by atoms with Crippen molar-refractivity contribution in [3.8, 4) is 28.7 Å². The minimum Gasteiger partial charge on any atom is -0.507 e. The van der Waals surface area contributed by atoms with Gasteiger partial charge < -0.3 is 19.7 Å². The standard InChI is InChI=1S/C28H24N2O4/c1-19-5-3-6-20(27(19)31)17-29-22-9-13-24(14-10-22)34-25-15-11-23(12-16-25)30-18-21-7-4-8-26(33-2)28(21)32/h3-18,31-32H,1-2H3/b29-17+,30-18+. The second-order valence-electron chi connectivity index (χ2n) is 7.52. The van der Waals surface area contributed by atoms with Crippen LogP contribution in [0.1, 0.15) is 16.7 Å². The molecular formula is C28H24N2O4. The van der Waals surface area contributed by atoms with E-state index in [-0.39, 0.29) is 11.5 Å². The molecule has 4 aromatic rings. The van der Waals surface area contributed by atoms with E-state index in [0.29, 0.717) is 28.4 Å². The van der Waals surface area contributed by atoms with Crippen LogP contribution >= 0.6 is 0 Å². The molecule has 0 amide bonds. The average Bonchev–Trinajstić information content (AvgIpc) is 2.86. The predicted octanol–water partition coefficient (Wildman–Crippen LogP) is 6.71. The lowest BCUT2D eigenvalue weighted by molar-refractivity contribution is 0.373. The van der Waals surface area contributed by atoms with E-state index < -0.39 is 0 Å². The highest BCUT2D eigenvalue weighted by Crippen LogP contribution is 2.29. The molecule has 34 heavy (non-hydrogen) atoms. The van der Waals surface area contributed by atoms with Crippen molar-refractivity contribution in [3.05, 3.63) is 102 Å². The summed E-state index contributed by atoms with van der Waals surface area (Å²) in [7, 11) is 1.51. The van der Waals surface area contributed by atoms with Gasteiger partial charge in [0.1, 0.15) is 17.2 Å². The number of aliphatic imine (C=N–C) groups is 2. The largest absolute Gasteiger partial charge is 0.507 e. The number of nitrogens with zero attached hydrogens (tertiary/aromatic N) is 2. The summed E-state index contributed by atoms with van der Waals surface area (Å²) in [6, 6.07) is 25.5. The zero-order chi connectivity index (χ0) is 23.9. The van der Waals surface area contributed by atoms with Crippen LogP contribution in [0.5, 0.6) is 28.7 Å². The summed E-state index contributed by atoms with van der Waals surface area (Å²) in [6.07, 6.45) is 3.23. The summed E-state index contributed by atoms with van der Waals surface area (Å²) in [6.45, 7) is 1.85. The Morgan fingerprint density at radius 1 is 0.647 bits per heavy atom. The Balaban J connectivity index is 1.39. The Kier molecular flexibility index (Phi) is 6.89. The summed E-state index contributed by atoms with van der Waals surface area (Å²) in [5, 5.41) is 20.2. The van der Waals surface area contributed by atoms with Crippen LogP contribution in [-0.4, -0.2) is 29.8 Å². The maximum atomic E-state index is 10.2. The first-order valence-corrected chi connectivity index (χ1v) is 10.6. The van der Waals surface area contributed by atoms with Crippen LogP contribution in [0.2, 0.25) is 0 Å². The zero-order valence-corrected chi connectivity index (χ0v) is 18.8. The van der Waals surface area contributed by atoms with Crippen LogP contribution in [0.3, 0.4) is 0 Å². The number of benzene rings is 4. The van der Waals surface area contributed by atoms with Gasteiger partial charge in [-0.25, -0.2) is 0 Å². The van der Waals surface area contributed by atoms with E-state index >= 15 is 0 Å². The molecule has 0 aliphatic heterocycles. The molecular weight excluding hydrogens is 428 g/mol. The molecule has 0 fully saturated rings. The van der Waals surface area contributed by atoms with E-state index in [1.807, 2.05) is 73.7 Å². The molecule has 0 saturated heterocycles. The SMILES string of the molecule is COc1cccc(/C=N/c2ccc(Oc3ccc(/N=C/c4cccc(C)c4O)cc3)cc2)c1O. The second-order valence-corrected chi connectivity index (χ2v) is 7.52. The number of para-hydroxylation sites is 2. The normalized spacial score (nSPS) is 11.2. The monoisotopic (exact) mass is 452 g/mol. The molecule has 0 spiro atoms. The highest BCUT2D eigenvalue weighted by molar-refractivity contribution is 5.87. The maximum absolute atomic E-state index is 10.2. The first-order chi connectivity index (χ1) is 16.5. The van der Waals surface area contributed by atoms with Crippen LogP contribution in [0.15, 0.2) is 94.9 Å². The van der Waals surface area contributed by atoms with Crippen molar-refractivity contribution in [1.29, 1.82) is 0 Å². The van der Waals surface area contributed by atoms with Crippen LogP contribution in [-0.2, 0) is 0 Å². The van der Waals surface area contributed by atoms with E-state index in [1.54, 1.807) is 30.6 Å². The molecule has 0 radical (unpaired) electrons. The number of phenolic OH excluding ortho intramolecular Hbond substituents is 2. The second kappa shape index (κ2) is 10.4. The van der Waals surface area contributed by atoms with Gasteiger partial charge in [-0.05, 0) is 79.2 Å². The minimum atomic E-state index is 0.0529. The molecule has 4 aromatic carbocycles. The van der Waals surface area contributed by atoms with Crippen molar-refractivity contribution < 1.29 is 19.7 Å². The number of hydrogen-bond acceptors (Lipinski definition) is 6. The van der Waals surface area contributed by atoms with Crippen molar-refractivity contribution in [2.75, 3.05) is 7.11 Å². The van der Waals surface area contributed by atoms with Crippen molar-refractivity contribution in [2.24, 2.45) is 9.98 Å². The molecule has 0 aromatic heterocycles. The summed E-state index contributed by atoms with van der Waals surface area (Å²) >= 11 is 0. The lowest BCUT2D eigenvalue weighted by atomic mass is 10.1. The molecule has 170 valence electrons. The number of phenols is 2. The first kappa shape index (κ1) is 22.6. The topological polar surface area (TPSA) is 83.6 Å². The Morgan fingerprint density at radius 3 is 1.68 bits per heavy atom. The first-order valence-electron chi connectivity index (χ1n) is 10.6. The summed E-state index contributed by atoms with van der Waals surface area (Å²) < 4.78 is 11.0. The fourth-order valence-corrected chi connectivity index (χ4v) is 3.22. The molecule has 0 unspecified atom stereocenters. The molecule has 4 rings (SSSR count). The molecule has 0 aliphatic rings. The van der Waals surface area contributed by atoms with E-state index in [1.165, 1.54) is 7.11 Å². The van der Waals surface area contributed by atoms with Gasteiger partial charge in [-0.2, -0.15) is 0 Å². The zero-order valence-electron chi connectivity index (χ0n) is 18.8. The molecule has 0 saturated carbocycles. The number of methoxy groups -OCH3 is 1. The molecule has 0 atom stereocenters. The van der Waals surface area contributed by atoms with Crippen molar-refractivity contribution in [3.63, 3.8) is 0 Å². The molecule has 6 nitrogen and oxygen atoms in total. The van der Waals surface area contributed by atoms with Gasteiger partial charge in [0.25, 0.3) is 0 Å². The van der Waals surface area contributed by atoms with Crippen LogP contribution in [0.4, 0.5) is 11.4 Å². The minimum absolute atomic E-state index is 0.0529. The predicted molar refractivity (Wildman–Crippen MR) is 135 cm³/mol. The van der Waals surface area contributed by atoms with Gasteiger partial charge in [0.15, 0.2) is 11.5 Å². The molecule has 0 bridgehead atoms. The molecule has 2 N–H and O–H groups in total. The molecule has 6 heteroatoms. The summed E-state index contributed by atoms with van der Waals surface area (Å²) in [4.78, 5) is 8.82. The van der Waals surface area contributed by atoms with Gasteiger partial charge in [0, 0.05) is 23.6 Å². The van der Waals surface area contributed by atoms with Gasteiger partial charge in [0.05, 0.1) is 18.5 Å². The van der Waals surface area contributed by atoms with Crippen molar-refractivity contribution in [2.45, 2.75) is 6.92 Å². The van der Waals surface area contributed by atoms with Crippen LogP contribution in [0.25, 0.3) is 0 Å². The van der Waals surface area contributed by atoms with Crippen LogP contribution in [0, 0.1) is 6.92 Å². The Morgan fingerprint density at radius 2 is 1.15 bits per heavy atom. The Bertz CT molecular complexity index is 1330. The third-order valence-corrected chi connectivity index (χ3v) is 5.13. The molecule has 0 heterocycles. The number of aromatic hydroxyl groups is 2. The van der Waals surface area contributed by atoms with E-state index in [0.717, 1.165) is 16.9 Å². The summed E-state index contributed by atoms with van der Waals surface area (Å²) in [5.41, 5.74) is 3.52. The molecule has 0 aliphatic carbocycles. The summed E-state index contributed by atoms with van der Waals surface area (Å²) in [5.74, 6) is 2.04. The van der Waals surface area contributed by atoms with Gasteiger partial charge in [-0.1, -0.05) is 18.2 Å². The van der Waals surface area contributed by atoms with Crippen molar-refractivity contribution >= 4 is 23.8 Å². The number of ether oxygens (including phenoxy) is 2. The van der Waals surface area contributed by atoms with Gasteiger partial charge in [0.2, 0.25) is 0 Å². The van der Waals surface area contributed by atoms with Crippen LogP contribution < -0.4 is 9.47 Å². The Labute approximate surface area is 198 Å². The lowest BCUT2D eigenvalue weighted by Gasteiger charge is -2.07. The highest BCUT2D eigenvalue weighted by atomic mass is 16.5. The van der Waals surface area contributed by atoms with E-state index in [9.17, 15) is 10.2 Å². The maximum Gasteiger partial charge on any atom is 0.166 e. The lowest BCUT2D eigenvalue weighted by Crippen LogP contribution is -1.88. The number of hydrogen-bond donors (Lipinski definition) is 2. The van der Waals surface area contributed by atoms with E-state index in [2.05, 4.69) is 9.98 Å². The fourth-order valence-electron chi connectivity index (χ4n) is 3.22.